The predicted molar refractivity (Wildman–Crippen MR) is 85.7 cm³/mol. The molecule has 0 bridgehead atoms. The lowest BCUT2D eigenvalue weighted by Crippen LogP contribution is -2.42. The van der Waals surface area contributed by atoms with Gasteiger partial charge in [-0.2, -0.15) is 0 Å². The molecule has 2 atom stereocenters. The number of carbonyl (C=O) groups is 2. The van der Waals surface area contributed by atoms with Gasteiger partial charge in [-0.05, 0) is 58.4 Å². The molecule has 5 heteroatoms. The first-order valence-corrected chi connectivity index (χ1v) is 7.66. The van der Waals surface area contributed by atoms with Crippen molar-refractivity contribution in [2.45, 2.75) is 39.7 Å². The van der Waals surface area contributed by atoms with E-state index in [1.807, 2.05) is 39.8 Å². The van der Waals surface area contributed by atoms with E-state index in [4.69, 9.17) is 4.74 Å². The summed E-state index contributed by atoms with van der Waals surface area (Å²) in [4.78, 5) is 24.1. The van der Waals surface area contributed by atoms with Crippen molar-refractivity contribution < 1.29 is 14.3 Å². The Balaban J connectivity index is 1.85. The fourth-order valence-corrected chi connectivity index (χ4v) is 2.27. The smallest absolute Gasteiger partial charge is 0.228 e. The molecule has 1 saturated carbocycles. The maximum atomic E-state index is 12.1. The standard InChI is InChI=1S/C17H24N2O3/c1-5-22-12-8-6-11(7-9-12)18-15(20)13-10-14(13)16(21)19-17(2,3)4/h6-9,13-14H,5,10H2,1-4H3,(H,18,20)(H,19,21). The van der Waals surface area contributed by atoms with Crippen molar-refractivity contribution in [3.63, 3.8) is 0 Å². The molecule has 0 aliphatic heterocycles. The van der Waals surface area contributed by atoms with Crippen LogP contribution in [0, 0.1) is 11.8 Å². The number of hydrogen-bond acceptors (Lipinski definition) is 3. The normalized spacial score (nSPS) is 20.2. The number of amides is 2. The topological polar surface area (TPSA) is 67.4 Å². The number of ether oxygens (including phenoxy) is 1. The van der Waals surface area contributed by atoms with Crippen LogP contribution in [0.2, 0.25) is 0 Å². The van der Waals surface area contributed by atoms with E-state index in [0.717, 1.165) is 11.4 Å². The SMILES string of the molecule is CCOc1ccc(NC(=O)C2CC2C(=O)NC(C)(C)C)cc1. The number of nitrogens with one attached hydrogen (secondary N) is 2. The largest absolute Gasteiger partial charge is 0.494 e. The molecule has 1 aromatic rings. The van der Waals surface area contributed by atoms with Crippen LogP contribution < -0.4 is 15.4 Å². The number of hydrogen-bond donors (Lipinski definition) is 2. The van der Waals surface area contributed by atoms with E-state index in [9.17, 15) is 9.59 Å². The van der Waals surface area contributed by atoms with Crippen LogP contribution in [0.15, 0.2) is 24.3 Å². The van der Waals surface area contributed by atoms with Gasteiger partial charge in [0, 0.05) is 11.2 Å². The number of rotatable bonds is 5. The van der Waals surface area contributed by atoms with Gasteiger partial charge in [-0.25, -0.2) is 0 Å². The van der Waals surface area contributed by atoms with Crippen molar-refractivity contribution in [2.75, 3.05) is 11.9 Å². The Hall–Kier alpha value is -2.04. The van der Waals surface area contributed by atoms with Gasteiger partial charge < -0.3 is 15.4 Å². The molecule has 1 aliphatic rings. The van der Waals surface area contributed by atoms with E-state index in [2.05, 4.69) is 10.6 Å². The van der Waals surface area contributed by atoms with Crippen LogP contribution in [0.5, 0.6) is 5.75 Å². The van der Waals surface area contributed by atoms with Crippen LogP contribution >= 0.6 is 0 Å². The number of anilines is 1. The molecule has 0 radical (unpaired) electrons. The fraction of sp³-hybridized carbons (Fsp3) is 0.529. The Morgan fingerprint density at radius 2 is 1.73 bits per heavy atom. The molecule has 1 fully saturated rings. The van der Waals surface area contributed by atoms with E-state index in [1.165, 1.54) is 0 Å². The summed E-state index contributed by atoms with van der Waals surface area (Å²) in [6, 6.07) is 7.23. The summed E-state index contributed by atoms with van der Waals surface area (Å²) >= 11 is 0. The van der Waals surface area contributed by atoms with E-state index in [-0.39, 0.29) is 29.2 Å². The third-order valence-corrected chi connectivity index (χ3v) is 3.40. The molecule has 2 rings (SSSR count). The van der Waals surface area contributed by atoms with Crippen molar-refractivity contribution >= 4 is 17.5 Å². The molecule has 0 saturated heterocycles. The fourth-order valence-electron chi connectivity index (χ4n) is 2.27. The summed E-state index contributed by atoms with van der Waals surface area (Å²) in [6.07, 6.45) is 0.616. The highest BCUT2D eigenvalue weighted by Crippen LogP contribution is 2.39. The average molecular weight is 304 g/mol. The average Bonchev–Trinajstić information content (AvgIpc) is 3.20. The second-order valence-electron chi connectivity index (χ2n) is 6.63. The van der Waals surface area contributed by atoms with Crippen LogP contribution in [-0.4, -0.2) is 24.0 Å². The Morgan fingerprint density at radius 3 is 2.27 bits per heavy atom. The first-order chi connectivity index (χ1) is 10.3. The van der Waals surface area contributed by atoms with Crippen LogP contribution in [0.3, 0.4) is 0 Å². The highest BCUT2D eigenvalue weighted by molar-refractivity contribution is 5.99. The summed E-state index contributed by atoms with van der Waals surface area (Å²) in [5.74, 6) is 0.197. The molecule has 1 aliphatic carbocycles. The van der Waals surface area contributed by atoms with Crippen molar-refractivity contribution in [3.8, 4) is 5.75 Å². The van der Waals surface area contributed by atoms with Crippen molar-refractivity contribution in [3.05, 3.63) is 24.3 Å². The molecular formula is C17H24N2O3. The second kappa shape index (κ2) is 6.38. The van der Waals surface area contributed by atoms with E-state index in [0.29, 0.717) is 13.0 Å². The first-order valence-electron chi connectivity index (χ1n) is 7.66. The third-order valence-electron chi connectivity index (χ3n) is 3.40. The lowest BCUT2D eigenvalue weighted by atomic mass is 10.1. The Morgan fingerprint density at radius 1 is 1.14 bits per heavy atom. The summed E-state index contributed by atoms with van der Waals surface area (Å²) in [5, 5.41) is 5.76. The van der Waals surface area contributed by atoms with Crippen LogP contribution in [0.25, 0.3) is 0 Å². The minimum absolute atomic E-state index is 0.0423. The van der Waals surface area contributed by atoms with Crippen molar-refractivity contribution in [1.29, 1.82) is 0 Å². The van der Waals surface area contributed by atoms with E-state index in [1.54, 1.807) is 12.1 Å². The molecule has 0 spiro atoms. The molecular weight excluding hydrogens is 280 g/mol. The summed E-state index contributed by atoms with van der Waals surface area (Å²) < 4.78 is 5.35. The van der Waals surface area contributed by atoms with Gasteiger partial charge >= 0.3 is 0 Å². The lowest BCUT2D eigenvalue weighted by molar-refractivity contribution is -0.126. The second-order valence-corrected chi connectivity index (χ2v) is 6.63. The molecule has 2 N–H and O–H groups in total. The van der Waals surface area contributed by atoms with Gasteiger partial charge in [0.15, 0.2) is 0 Å². The third kappa shape index (κ3) is 4.48. The monoisotopic (exact) mass is 304 g/mol. The van der Waals surface area contributed by atoms with Gasteiger partial charge in [0.1, 0.15) is 5.75 Å². The highest BCUT2D eigenvalue weighted by Gasteiger charge is 2.48. The number of benzene rings is 1. The Labute approximate surface area is 131 Å². The summed E-state index contributed by atoms with van der Waals surface area (Å²) in [5.41, 5.74) is 0.450. The number of carbonyl (C=O) groups excluding carboxylic acids is 2. The summed E-state index contributed by atoms with van der Waals surface area (Å²) in [7, 11) is 0. The zero-order valence-corrected chi connectivity index (χ0v) is 13.6. The van der Waals surface area contributed by atoms with Crippen LogP contribution in [-0.2, 0) is 9.59 Å². The molecule has 1 aromatic carbocycles. The molecule has 22 heavy (non-hydrogen) atoms. The maximum Gasteiger partial charge on any atom is 0.228 e. The zero-order chi connectivity index (χ0) is 16.3. The molecule has 0 aromatic heterocycles. The van der Waals surface area contributed by atoms with Crippen LogP contribution in [0.4, 0.5) is 5.69 Å². The van der Waals surface area contributed by atoms with Gasteiger partial charge in [0.25, 0.3) is 0 Å². The molecule has 120 valence electrons. The quantitative estimate of drug-likeness (QED) is 0.878. The maximum absolute atomic E-state index is 12.1. The van der Waals surface area contributed by atoms with Crippen LogP contribution in [0.1, 0.15) is 34.1 Å². The first kappa shape index (κ1) is 16.3. The van der Waals surface area contributed by atoms with Gasteiger partial charge in [-0.3, -0.25) is 9.59 Å². The molecule has 0 heterocycles. The predicted octanol–water partition coefficient (Wildman–Crippen LogP) is 2.57. The van der Waals surface area contributed by atoms with Gasteiger partial charge in [-0.1, -0.05) is 0 Å². The zero-order valence-electron chi connectivity index (χ0n) is 13.6. The minimum Gasteiger partial charge on any atom is -0.494 e. The summed E-state index contributed by atoms with van der Waals surface area (Å²) in [6.45, 7) is 8.33. The van der Waals surface area contributed by atoms with Gasteiger partial charge in [-0.15, -0.1) is 0 Å². The minimum atomic E-state index is -0.268. The van der Waals surface area contributed by atoms with Crippen molar-refractivity contribution in [1.82, 2.24) is 5.32 Å². The van der Waals surface area contributed by atoms with Crippen molar-refractivity contribution in [2.24, 2.45) is 11.8 Å². The molecule has 2 unspecified atom stereocenters. The molecule has 2 amide bonds. The van der Waals surface area contributed by atoms with Gasteiger partial charge in [0.05, 0.1) is 18.4 Å². The van der Waals surface area contributed by atoms with Gasteiger partial charge in [0.2, 0.25) is 11.8 Å². The Bertz CT molecular complexity index is 546. The van der Waals surface area contributed by atoms with E-state index < -0.39 is 0 Å². The lowest BCUT2D eigenvalue weighted by Gasteiger charge is -2.20. The Kier molecular flexibility index (Phi) is 4.74. The highest BCUT2D eigenvalue weighted by atomic mass is 16.5. The molecule has 5 nitrogen and oxygen atoms in total. The van der Waals surface area contributed by atoms with E-state index >= 15 is 0 Å².